The summed E-state index contributed by atoms with van der Waals surface area (Å²) < 4.78 is 46.8. The molecule has 0 aromatic carbocycles. The fourth-order valence-electron chi connectivity index (χ4n) is 4.69. The molecule has 0 radical (unpaired) electrons. The van der Waals surface area contributed by atoms with Gasteiger partial charge in [0.1, 0.15) is 30.5 Å². The summed E-state index contributed by atoms with van der Waals surface area (Å²) in [5.74, 6) is -0.747. The molecular weight excluding hydrogens is 598 g/mol. The largest absolute Gasteiger partial charge is 0.397 e. The van der Waals surface area contributed by atoms with E-state index in [4.69, 9.17) is 14.0 Å². The number of carbonyl (C=O) groups is 1. The van der Waals surface area contributed by atoms with E-state index in [2.05, 4.69) is 23.3 Å². The van der Waals surface area contributed by atoms with E-state index >= 15 is 0 Å². The minimum atomic E-state index is -5.10. The van der Waals surface area contributed by atoms with Gasteiger partial charge in [0.05, 0.1) is 25.4 Å². The SMILES string of the molecule is CCCCCC/C=C\CCC(O)C(=O)NC(COC1OC(CO)C(O)C(OS(=O)(=O)O)C1O)C(O)/C=C/CCCCCCC. The Morgan fingerprint density at radius 3 is 2.11 bits per heavy atom. The summed E-state index contributed by atoms with van der Waals surface area (Å²) >= 11 is 0. The van der Waals surface area contributed by atoms with Gasteiger partial charge < -0.3 is 40.3 Å². The molecule has 8 atom stereocenters. The zero-order valence-corrected chi connectivity index (χ0v) is 26.9. The van der Waals surface area contributed by atoms with Crippen LogP contribution in [0.3, 0.4) is 0 Å². The van der Waals surface area contributed by atoms with Gasteiger partial charge in [-0.1, -0.05) is 83.1 Å². The van der Waals surface area contributed by atoms with Crippen molar-refractivity contribution in [2.45, 2.75) is 146 Å². The van der Waals surface area contributed by atoms with Crippen molar-refractivity contribution in [3.63, 3.8) is 0 Å². The zero-order valence-electron chi connectivity index (χ0n) is 26.1. The highest BCUT2D eigenvalue weighted by molar-refractivity contribution is 7.80. The quantitative estimate of drug-likeness (QED) is 0.0453. The van der Waals surface area contributed by atoms with Gasteiger partial charge in [0.2, 0.25) is 5.91 Å². The Labute approximate surface area is 262 Å². The second kappa shape index (κ2) is 23.0. The molecule has 1 aliphatic heterocycles. The van der Waals surface area contributed by atoms with Crippen LogP contribution in [0.5, 0.6) is 0 Å². The molecule has 14 heteroatoms. The second-order valence-electron chi connectivity index (χ2n) is 11.2. The van der Waals surface area contributed by atoms with Crippen LogP contribution >= 0.6 is 0 Å². The first-order valence-corrected chi connectivity index (χ1v) is 17.2. The Balaban J connectivity index is 2.87. The van der Waals surface area contributed by atoms with E-state index in [1.54, 1.807) is 6.08 Å². The number of rotatable bonds is 24. The lowest BCUT2D eigenvalue weighted by Crippen LogP contribution is -2.61. The van der Waals surface area contributed by atoms with E-state index < -0.39 is 78.5 Å². The summed E-state index contributed by atoms with van der Waals surface area (Å²) in [7, 11) is -5.10. The standard InChI is InChI=1S/C30H55NO12S/c1-3-5-7-9-11-13-15-17-19-24(34)29(37)31-22(23(33)18-16-14-12-10-8-6-4-2)21-41-30-27(36)28(43-44(38,39)40)26(35)25(20-32)42-30/h13,15-16,18,22-28,30,32-36H,3-12,14,17,19-21H2,1-2H3,(H,31,37)(H,38,39,40)/b15-13-,18-16+. The van der Waals surface area contributed by atoms with Crippen LogP contribution < -0.4 is 5.32 Å². The first-order valence-electron chi connectivity index (χ1n) is 15.8. The number of ether oxygens (including phenoxy) is 2. The van der Waals surface area contributed by atoms with Crippen LogP contribution in [0.1, 0.15) is 97.3 Å². The third-order valence-electron chi connectivity index (χ3n) is 7.34. The zero-order chi connectivity index (χ0) is 33.0. The van der Waals surface area contributed by atoms with Gasteiger partial charge in [-0.3, -0.25) is 9.35 Å². The molecule has 0 saturated carbocycles. The summed E-state index contributed by atoms with van der Waals surface area (Å²) in [6, 6.07) is -1.13. The highest BCUT2D eigenvalue weighted by Gasteiger charge is 2.48. The number of allylic oxidation sites excluding steroid dienone is 3. The molecule has 1 rings (SSSR count). The van der Waals surface area contributed by atoms with Crippen LogP contribution in [0.4, 0.5) is 0 Å². The van der Waals surface area contributed by atoms with Gasteiger partial charge in [0, 0.05) is 0 Å². The lowest BCUT2D eigenvalue weighted by molar-refractivity contribution is -0.298. The van der Waals surface area contributed by atoms with Crippen LogP contribution in [0.2, 0.25) is 0 Å². The maximum atomic E-state index is 12.8. The number of unbranched alkanes of at least 4 members (excludes halogenated alkanes) is 9. The van der Waals surface area contributed by atoms with Crippen molar-refractivity contribution in [3.05, 3.63) is 24.3 Å². The molecule has 7 N–H and O–H groups in total. The van der Waals surface area contributed by atoms with Gasteiger partial charge in [-0.15, -0.1) is 0 Å². The van der Waals surface area contributed by atoms with Gasteiger partial charge in [-0.05, 0) is 38.5 Å². The monoisotopic (exact) mass is 653 g/mol. The van der Waals surface area contributed by atoms with Crippen molar-refractivity contribution in [3.8, 4) is 0 Å². The maximum absolute atomic E-state index is 12.8. The minimum Gasteiger partial charge on any atom is -0.394 e. The molecule has 0 aromatic rings. The third-order valence-corrected chi connectivity index (χ3v) is 7.81. The lowest BCUT2D eigenvalue weighted by Gasteiger charge is -2.41. The molecule has 1 amide bonds. The molecule has 258 valence electrons. The molecule has 1 fully saturated rings. The van der Waals surface area contributed by atoms with Crippen molar-refractivity contribution >= 4 is 16.3 Å². The number of amides is 1. The van der Waals surface area contributed by atoms with Crippen molar-refractivity contribution in [2.24, 2.45) is 0 Å². The maximum Gasteiger partial charge on any atom is 0.397 e. The van der Waals surface area contributed by atoms with Gasteiger partial charge in [-0.25, -0.2) is 4.18 Å². The fourth-order valence-corrected chi connectivity index (χ4v) is 5.20. The van der Waals surface area contributed by atoms with E-state index in [9.17, 15) is 38.7 Å². The molecule has 13 nitrogen and oxygen atoms in total. The summed E-state index contributed by atoms with van der Waals surface area (Å²) in [6.07, 6.45) is 7.93. The molecule has 1 heterocycles. The van der Waals surface area contributed by atoms with E-state index in [0.29, 0.717) is 12.8 Å². The van der Waals surface area contributed by atoms with Crippen LogP contribution in [0, 0.1) is 0 Å². The first-order chi connectivity index (χ1) is 20.9. The van der Waals surface area contributed by atoms with Gasteiger partial charge >= 0.3 is 10.4 Å². The van der Waals surface area contributed by atoms with Crippen molar-refractivity contribution in [1.82, 2.24) is 5.32 Å². The van der Waals surface area contributed by atoms with Gasteiger partial charge in [-0.2, -0.15) is 8.42 Å². The summed E-state index contributed by atoms with van der Waals surface area (Å²) in [4.78, 5) is 12.8. The molecule has 0 aromatic heterocycles. The Morgan fingerprint density at radius 2 is 1.50 bits per heavy atom. The predicted octanol–water partition coefficient (Wildman–Crippen LogP) is 2.06. The molecular formula is C30H55NO12S. The Morgan fingerprint density at radius 1 is 0.909 bits per heavy atom. The summed E-state index contributed by atoms with van der Waals surface area (Å²) in [5, 5.41) is 54.2. The molecule has 1 saturated heterocycles. The van der Waals surface area contributed by atoms with Crippen molar-refractivity contribution < 1.29 is 57.0 Å². The number of aliphatic hydroxyl groups excluding tert-OH is 5. The van der Waals surface area contributed by atoms with E-state index in [0.717, 1.165) is 57.8 Å². The van der Waals surface area contributed by atoms with Crippen molar-refractivity contribution in [2.75, 3.05) is 13.2 Å². The van der Waals surface area contributed by atoms with Crippen LogP contribution in [-0.2, 0) is 28.9 Å². The topological polar surface area (TPSA) is 212 Å². The Bertz CT molecular complexity index is 931. The second-order valence-corrected chi connectivity index (χ2v) is 12.2. The van der Waals surface area contributed by atoms with Crippen LogP contribution in [0.15, 0.2) is 24.3 Å². The molecule has 1 aliphatic rings. The third kappa shape index (κ3) is 16.7. The molecule has 0 spiro atoms. The highest BCUT2D eigenvalue weighted by atomic mass is 32.3. The van der Waals surface area contributed by atoms with E-state index in [1.807, 2.05) is 12.2 Å². The molecule has 8 unspecified atom stereocenters. The van der Waals surface area contributed by atoms with Gasteiger partial charge in [0.25, 0.3) is 0 Å². The minimum absolute atomic E-state index is 0.156. The number of hydrogen-bond donors (Lipinski definition) is 7. The van der Waals surface area contributed by atoms with Crippen molar-refractivity contribution in [1.29, 1.82) is 0 Å². The molecule has 44 heavy (non-hydrogen) atoms. The number of aliphatic hydroxyl groups is 5. The number of carbonyl (C=O) groups excluding carboxylic acids is 1. The summed E-state index contributed by atoms with van der Waals surface area (Å²) in [5.41, 5.74) is 0. The lowest BCUT2D eigenvalue weighted by atomic mass is 9.99. The average Bonchev–Trinajstić information content (AvgIpc) is 2.98. The fraction of sp³-hybridized carbons (Fsp3) is 0.833. The predicted molar refractivity (Wildman–Crippen MR) is 164 cm³/mol. The van der Waals surface area contributed by atoms with Crippen LogP contribution in [-0.4, -0.2) is 107 Å². The number of hydrogen-bond acceptors (Lipinski definition) is 11. The van der Waals surface area contributed by atoms with Gasteiger partial charge in [0.15, 0.2) is 6.29 Å². The normalized spacial score (nSPS) is 25.0. The highest BCUT2D eigenvalue weighted by Crippen LogP contribution is 2.26. The smallest absolute Gasteiger partial charge is 0.394 e. The Hall–Kier alpha value is -1.46. The number of nitrogens with one attached hydrogen (secondary N) is 1. The van der Waals surface area contributed by atoms with E-state index in [-0.39, 0.29) is 6.42 Å². The molecule has 0 bridgehead atoms. The Kier molecular flexibility index (Phi) is 21.2. The summed E-state index contributed by atoms with van der Waals surface area (Å²) in [6.45, 7) is 2.99. The average molecular weight is 654 g/mol. The molecule has 0 aliphatic carbocycles. The first kappa shape index (κ1) is 40.6. The van der Waals surface area contributed by atoms with E-state index in [1.165, 1.54) is 12.5 Å². The van der Waals surface area contributed by atoms with Crippen LogP contribution in [0.25, 0.3) is 0 Å².